The summed E-state index contributed by atoms with van der Waals surface area (Å²) in [5, 5.41) is 4.37. The summed E-state index contributed by atoms with van der Waals surface area (Å²) in [6.07, 6.45) is 1.97. The van der Waals surface area contributed by atoms with E-state index in [1.54, 1.807) is 28.6 Å². The van der Waals surface area contributed by atoms with Crippen molar-refractivity contribution in [3.63, 3.8) is 0 Å². The van der Waals surface area contributed by atoms with E-state index in [1.807, 2.05) is 6.26 Å². The number of piperazine rings is 1. The maximum absolute atomic E-state index is 13.1. The van der Waals surface area contributed by atoms with Gasteiger partial charge in [-0.15, -0.1) is 5.10 Å². The fraction of sp³-hybridized carbons (Fsp3) is 0.529. The molecule has 9 nitrogen and oxygen atoms in total. The predicted octanol–water partition coefficient (Wildman–Crippen LogP) is 2.05. The van der Waals surface area contributed by atoms with Crippen LogP contribution in [0.15, 0.2) is 27.5 Å². The van der Waals surface area contributed by atoms with Gasteiger partial charge < -0.3 is 13.9 Å². The van der Waals surface area contributed by atoms with Gasteiger partial charge in [-0.25, -0.2) is 13.1 Å². The molecule has 1 aromatic heterocycles. The first-order valence-electron chi connectivity index (χ1n) is 8.89. The molecule has 160 valence electrons. The minimum Gasteiger partial charge on any atom is -0.497 e. The van der Waals surface area contributed by atoms with Crippen molar-refractivity contribution in [1.82, 2.24) is 19.0 Å². The van der Waals surface area contributed by atoms with Gasteiger partial charge in [0.25, 0.3) is 4.84 Å². The average molecular weight is 461 g/mol. The van der Waals surface area contributed by atoms with E-state index in [1.165, 1.54) is 24.6 Å². The molecule has 0 radical (unpaired) electrons. The topological polar surface area (TPSA) is 90.0 Å². The summed E-state index contributed by atoms with van der Waals surface area (Å²) >= 11 is 6.83. The van der Waals surface area contributed by atoms with Crippen molar-refractivity contribution in [2.24, 2.45) is 0 Å². The molecule has 1 aliphatic heterocycles. The van der Waals surface area contributed by atoms with Gasteiger partial charge in [-0.1, -0.05) is 0 Å². The van der Waals surface area contributed by atoms with Crippen LogP contribution in [0.1, 0.15) is 5.89 Å². The minimum atomic E-state index is -3.71. The van der Waals surface area contributed by atoms with Gasteiger partial charge in [0, 0.05) is 32.2 Å². The van der Waals surface area contributed by atoms with Gasteiger partial charge in [-0.3, -0.25) is 4.90 Å². The summed E-state index contributed by atoms with van der Waals surface area (Å²) in [4.78, 5) is 2.52. The zero-order chi connectivity index (χ0) is 21.0. The van der Waals surface area contributed by atoms with E-state index in [0.29, 0.717) is 60.8 Å². The summed E-state index contributed by atoms with van der Waals surface area (Å²) in [6.45, 7) is 2.28. The van der Waals surface area contributed by atoms with Crippen LogP contribution in [0.25, 0.3) is 0 Å². The van der Waals surface area contributed by atoms with Crippen molar-refractivity contribution >= 4 is 34.0 Å². The van der Waals surface area contributed by atoms with E-state index in [2.05, 4.69) is 10.00 Å². The largest absolute Gasteiger partial charge is 0.497 e. The first-order valence-corrected chi connectivity index (χ1v) is 12.1. The van der Waals surface area contributed by atoms with Crippen LogP contribution in [-0.2, 0) is 22.4 Å². The maximum atomic E-state index is 13.1. The second-order valence-electron chi connectivity index (χ2n) is 6.37. The highest BCUT2D eigenvalue weighted by molar-refractivity contribution is 7.97. The summed E-state index contributed by atoms with van der Waals surface area (Å²) in [5.74, 6) is 2.01. The molecule has 2 aromatic rings. The lowest BCUT2D eigenvalue weighted by atomic mass is 10.3. The zero-order valence-electron chi connectivity index (χ0n) is 16.5. The molecule has 0 saturated carbocycles. The van der Waals surface area contributed by atoms with E-state index in [0.717, 1.165) is 0 Å². The number of ether oxygens (including phenoxy) is 2. The number of benzene rings is 1. The van der Waals surface area contributed by atoms with Crippen LogP contribution >= 0.6 is 24.0 Å². The first-order chi connectivity index (χ1) is 13.9. The number of aromatic nitrogens is 2. The molecule has 0 amide bonds. The number of rotatable bonds is 8. The van der Waals surface area contributed by atoms with E-state index >= 15 is 0 Å². The zero-order valence-corrected chi connectivity index (χ0v) is 19.0. The van der Waals surface area contributed by atoms with Crippen molar-refractivity contribution in [1.29, 1.82) is 0 Å². The molecule has 1 aliphatic rings. The third-order valence-electron chi connectivity index (χ3n) is 4.57. The van der Waals surface area contributed by atoms with Crippen LogP contribution in [0, 0.1) is 4.84 Å². The third-order valence-corrected chi connectivity index (χ3v) is 7.32. The Morgan fingerprint density at radius 2 is 1.93 bits per heavy atom. The van der Waals surface area contributed by atoms with Crippen molar-refractivity contribution in [2.75, 3.05) is 46.7 Å². The van der Waals surface area contributed by atoms with E-state index < -0.39 is 10.0 Å². The number of sulfonamides is 1. The van der Waals surface area contributed by atoms with Crippen LogP contribution in [0.2, 0.25) is 0 Å². The minimum absolute atomic E-state index is 0.105. The fourth-order valence-corrected chi connectivity index (χ4v) is 5.20. The third kappa shape index (κ3) is 4.94. The second-order valence-corrected chi connectivity index (χ2v) is 9.50. The smallest absolute Gasteiger partial charge is 0.288 e. The van der Waals surface area contributed by atoms with Crippen molar-refractivity contribution in [2.45, 2.75) is 17.3 Å². The molecule has 1 aromatic carbocycles. The molecule has 0 N–H and O–H groups in total. The molecule has 2 heterocycles. The van der Waals surface area contributed by atoms with Gasteiger partial charge >= 0.3 is 0 Å². The molecule has 0 atom stereocenters. The fourth-order valence-electron chi connectivity index (χ4n) is 3.05. The molecule has 0 unspecified atom stereocenters. The molecular formula is C17H24N4O5S3. The summed E-state index contributed by atoms with van der Waals surface area (Å²) in [7, 11) is -0.761. The van der Waals surface area contributed by atoms with Crippen molar-refractivity contribution in [3.8, 4) is 11.5 Å². The van der Waals surface area contributed by atoms with Gasteiger partial charge in [-0.2, -0.15) is 16.1 Å². The maximum Gasteiger partial charge on any atom is 0.288 e. The SMILES string of the molecule is COc1ccc(OC)c(S(=O)(=O)N2CCN(Cn3nc(CSC)oc3=S)CC2)c1. The molecule has 1 fully saturated rings. The Morgan fingerprint density at radius 1 is 1.21 bits per heavy atom. The molecule has 0 spiro atoms. The van der Waals surface area contributed by atoms with Gasteiger partial charge in [0.2, 0.25) is 15.9 Å². The number of thioether (sulfide) groups is 1. The van der Waals surface area contributed by atoms with E-state index in [-0.39, 0.29) is 4.90 Å². The van der Waals surface area contributed by atoms with Crippen LogP contribution in [0.4, 0.5) is 0 Å². The molecule has 29 heavy (non-hydrogen) atoms. The Labute approximate surface area is 179 Å². The number of nitrogens with zero attached hydrogens (tertiary/aromatic N) is 4. The van der Waals surface area contributed by atoms with E-state index in [4.69, 9.17) is 26.1 Å². The Bertz CT molecular complexity index is 997. The Kier molecular flexibility index (Phi) is 7.22. The predicted molar refractivity (Wildman–Crippen MR) is 112 cm³/mol. The summed E-state index contributed by atoms with van der Waals surface area (Å²) < 4.78 is 45.3. The van der Waals surface area contributed by atoms with Gasteiger partial charge in [0.1, 0.15) is 16.4 Å². The summed E-state index contributed by atoms with van der Waals surface area (Å²) in [6, 6.07) is 4.76. The lowest BCUT2D eigenvalue weighted by Crippen LogP contribution is -2.49. The highest BCUT2D eigenvalue weighted by atomic mass is 32.2. The second kappa shape index (κ2) is 9.47. The first kappa shape index (κ1) is 22.1. The number of methoxy groups -OCH3 is 2. The van der Waals surface area contributed by atoms with Crippen LogP contribution < -0.4 is 9.47 Å². The lowest BCUT2D eigenvalue weighted by molar-refractivity contribution is 0.143. The highest BCUT2D eigenvalue weighted by Gasteiger charge is 2.31. The van der Waals surface area contributed by atoms with Gasteiger partial charge in [-0.05, 0) is 30.6 Å². The number of hydrogen-bond donors (Lipinski definition) is 0. The normalized spacial score (nSPS) is 16.1. The van der Waals surface area contributed by atoms with Gasteiger partial charge in [0.05, 0.1) is 26.6 Å². The van der Waals surface area contributed by atoms with Gasteiger partial charge in [0.15, 0.2) is 0 Å². The molecule has 12 heteroatoms. The molecule has 0 bridgehead atoms. The Morgan fingerprint density at radius 3 is 2.55 bits per heavy atom. The Balaban J connectivity index is 1.69. The molecule has 0 aliphatic carbocycles. The molecular weight excluding hydrogens is 436 g/mol. The molecule has 3 rings (SSSR count). The van der Waals surface area contributed by atoms with Crippen LogP contribution in [0.3, 0.4) is 0 Å². The average Bonchev–Trinajstić information content (AvgIpc) is 3.07. The lowest BCUT2D eigenvalue weighted by Gasteiger charge is -2.33. The Hall–Kier alpha value is -1.60. The van der Waals surface area contributed by atoms with E-state index in [9.17, 15) is 8.42 Å². The summed E-state index contributed by atoms with van der Waals surface area (Å²) in [5.41, 5.74) is 0. The quantitative estimate of drug-likeness (QED) is 0.549. The number of hydrogen-bond acceptors (Lipinski definition) is 9. The molecule has 1 saturated heterocycles. The standard InChI is InChI=1S/C17H24N4O5S3/c1-24-13-4-5-14(25-2)15(10-13)29(22,23)20-8-6-19(7-9-20)12-21-17(27)26-16(18-21)11-28-3/h4-5,10H,6-9,11-12H2,1-3H3. The van der Waals surface area contributed by atoms with Crippen LogP contribution in [0.5, 0.6) is 11.5 Å². The monoisotopic (exact) mass is 460 g/mol. The van der Waals surface area contributed by atoms with Crippen LogP contribution in [-0.4, -0.2) is 74.1 Å². The van der Waals surface area contributed by atoms with Crippen molar-refractivity contribution < 1.29 is 22.3 Å². The highest BCUT2D eigenvalue weighted by Crippen LogP contribution is 2.31. The van der Waals surface area contributed by atoms with Crippen molar-refractivity contribution in [3.05, 3.63) is 28.9 Å².